The number of fused-ring (bicyclic) bond motifs is 3. The molecule has 7 heteroatoms. The maximum atomic E-state index is 11.4. The Bertz CT molecular complexity index is 1880. The fourth-order valence-corrected chi connectivity index (χ4v) is 4.64. The summed E-state index contributed by atoms with van der Waals surface area (Å²) in [4.78, 5) is 0. The molecular weight excluding hydrogens is 436 g/mol. The van der Waals surface area contributed by atoms with Crippen LogP contribution in [0.2, 0.25) is 0 Å². The lowest BCUT2D eigenvalue weighted by molar-refractivity contribution is 0.483. The number of nitrogens with zero attached hydrogens (tertiary/aromatic N) is 6. The number of phenols is 1. The second-order valence-electron chi connectivity index (χ2n) is 8.36. The van der Waals surface area contributed by atoms with E-state index in [2.05, 4.69) is 20.6 Å². The third-order valence-corrected chi connectivity index (χ3v) is 6.35. The molecule has 0 saturated heterocycles. The van der Waals surface area contributed by atoms with Gasteiger partial charge < -0.3 is 5.11 Å². The van der Waals surface area contributed by atoms with Gasteiger partial charge in [0.15, 0.2) is 0 Å². The normalized spacial score (nSPS) is 11.5. The van der Waals surface area contributed by atoms with Gasteiger partial charge in [-0.2, -0.15) is 0 Å². The Morgan fingerprint density at radius 2 is 1.23 bits per heavy atom. The lowest BCUT2D eigenvalue weighted by atomic mass is 9.97. The van der Waals surface area contributed by atoms with Gasteiger partial charge >= 0.3 is 0 Å². The van der Waals surface area contributed by atoms with E-state index >= 15 is 0 Å². The zero-order valence-electron chi connectivity index (χ0n) is 18.4. The minimum absolute atomic E-state index is 0.217. The molecule has 0 unspecified atom stereocenters. The van der Waals surface area contributed by atoms with E-state index in [1.807, 2.05) is 108 Å². The second-order valence-corrected chi connectivity index (χ2v) is 8.36. The molecule has 0 aliphatic rings. The van der Waals surface area contributed by atoms with Gasteiger partial charge in [-0.05, 0) is 53.9 Å². The highest BCUT2D eigenvalue weighted by Gasteiger charge is 2.18. The highest BCUT2D eigenvalue weighted by atomic mass is 16.3. The summed E-state index contributed by atoms with van der Waals surface area (Å²) in [6.07, 6.45) is 0. The standard InChI is InChI=1S/C28H18N6O/c35-28-20-8-2-1-7-18(20)13-15-21(28)22-17-19(33-26-11-5-3-9-23(26)29-31-33)14-16-25(22)34-27-12-6-4-10-24(27)30-32-34/h1-17,35H. The van der Waals surface area contributed by atoms with Crippen LogP contribution in [-0.2, 0) is 0 Å². The minimum atomic E-state index is 0.217. The molecule has 1 N–H and O–H groups in total. The summed E-state index contributed by atoms with van der Waals surface area (Å²) in [6.45, 7) is 0. The fraction of sp³-hybridized carbons (Fsp3) is 0. The average molecular weight is 454 g/mol. The van der Waals surface area contributed by atoms with Crippen molar-refractivity contribution >= 4 is 32.8 Å². The molecular formula is C28H18N6O. The lowest BCUT2D eigenvalue weighted by Crippen LogP contribution is -2.03. The third kappa shape index (κ3) is 2.99. The summed E-state index contributed by atoms with van der Waals surface area (Å²) in [5, 5.41) is 30.6. The second kappa shape index (κ2) is 7.50. The van der Waals surface area contributed by atoms with Gasteiger partial charge in [0.2, 0.25) is 0 Å². The monoisotopic (exact) mass is 454 g/mol. The van der Waals surface area contributed by atoms with E-state index in [4.69, 9.17) is 0 Å². The first kappa shape index (κ1) is 19.4. The van der Waals surface area contributed by atoms with Gasteiger partial charge in [0.05, 0.1) is 22.4 Å². The van der Waals surface area contributed by atoms with Crippen molar-refractivity contribution in [3.63, 3.8) is 0 Å². The smallest absolute Gasteiger partial charge is 0.131 e. The van der Waals surface area contributed by atoms with Crippen molar-refractivity contribution in [3.05, 3.63) is 103 Å². The van der Waals surface area contributed by atoms with E-state index in [0.717, 1.165) is 49.8 Å². The van der Waals surface area contributed by atoms with Gasteiger partial charge in [0.25, 0.3) is 0 Å². The molecule has 0 bridgehead atoms. The first-order valence-corrected chi connectivity index (χ1v) is 11.2. The topological polar surface area (TPSA) is 81.6 Å². The summed E-state index contributed by atoms with van der Waals surface area (Å²) in [5.41, 5.74) is 6.53. The van der Waals surface area contributed by atoms with Crippen LogP contribution in [0.1, 0.15) is 0 Å². The van der Waals surface area contributed by atoms with Gasteiger partial charge in [-0.1, -0.05) is 65.0 Å². The Morgan fingerprint density at radius 3 is 2.03 bits per heavy atom. The number of aromatic nitrogens is 6. The SMILES string of the molecule is Oc1c(-c2cc(-n3nnc4ccccc43)ccc2-n2nnc3ccccc32)ccc2ccccc12. The average Bonchev–Trinajstić information content (AvgIpc) is 3.54. The maximum absolute atomic E-state index is 11.4. The van der Waals surface area contributed by atoms with E-state index in [-0.39, 0.29) is 5.75 Å². The molecule has 166 valence electrons. The zero-order chi connectivity index (χ0) is 23.4. The van der Waals surface area contributed by atoms with Crippen molar-refractivity contribution in [2.24, 2.45) is 0 Å². The molecule has 7 rings (SSSR count). The lowest BCUT2D eigenvalue weighted by Gasteiger charge is -2.15. The van der Waals surface area contributed by atoms with Crippen molar-refractivity contribution in [3.8, 4) is 28.3 Å². The van der Waals surface area contributed by atoms with Crippen LogP contribution in [0.5, 0.6) is 5.75 Å². The molecule has 0 aliphatic heterocycles. The molecule has 2 heterocycles. The van der Waals surface area contributed by atoms with E-state index in [1.54, 1.807) is 4.68 Å². The molecule has 0 atom stereocenters. The largest absolute Gasteiger partial charge is 0.507 e. The molecule has 0 spiro atoms. The number of hydrogen-bond acceptors (Lipinski definition) is 5. The number of phenolic OH excluding ortho intramolecular Hbond substituents is 1. The number of aromatic hydroxyl groups is 1. The van der Waals surface area contributed by atoms with Crippen LogP contribution in [0.15, 0.2) is 103 Å². The summed E-state index contributed by atoms with van der Waals surface area (Å²) < 4.78 is 3.61. The third-order valence-electron chi connectivity index (χ3n) is 6.35. The van der Waals surface area contributed by atoms with Crippen molar-refractivity contribution in [2.75, 3.05) is 0 Å². The van der Waals surface area contributed by atoms with Crippen LogP contribution in [0, 0.1) is 0 Å². The molecule has 0 fully saturated rings. The fourth-order valence-electron chi connectivity index (χ4n) is 4.64. The Balaban J connectivity index is 1.53. The molecule has 0 saturated carbocycles. The minimum Gasteiger partial charge on any atom is -0.507 e. The number of para-hydroxylation sites is 2. The molecule has 35 heavy (non-hydrogen) atoms. The van der Waals surface area contributed by atoms with E-state index < -0.39 is 0 Å². The first-order valence-electron chi connectivity index (χ1n) is 11.2. The van der Waals surface area contributed by atoms with Crippen LogP contribution in [-0.4, -0.2) is 35.1 Å². The molecule has 0 aliphatic carbocycles. The van der Waals surface area contributed by atoms with Gasteiger partial charge in [0, 0.05) is 16.5 Å². The Hall–Kier alpha value is -5.04. The van der Waals surface area contributed by atoms with E-state index in [1.165, 1.54) is 0 Å². The molecule has 0 radical (unpaired) electrons. The summed E-state index contributed by atoms with van der Waals surface area (Å²) >= 11 is 0. The van der Waals surface area contributed by atoms with Gasteiger partial charge in [-0.15, -0.1) is 10.2 Å². The number of hydrogen-bond donors (Lipinski definition) is 1. The van der Waals surface area contributed by atoms with Crippen LogP contribution in [0.3, 0.4) is 0 Å². The summed E-state index contributed by atoms with van der Waals surface area (Å²) in [5.74, 6) is 0.217. The first-order chi connectivity index (χ1) is 17.3. The van der Waals surface area contributed by atoms with Crippen LogP contribution in [0.4, 0.5) is 0 Å². The number of rotatable bonds is 3. The Kier molecular flexibility index (Phi) is 4.16. The number of benzene rings is 5. The van der Waals surface area contributed by atoms with Crippen molar-refractivity contribution in [2.45, 2.75) is 0 Å². The van der Waals surface area contributed by atoms with E-state index in [9.17, 15) is 5.11 Å². The van der Waals surface area contributed by atoms with Crippen LogP contribution >= 0.6 is 0 Å². The van der Waals surface area contributed by atoms with Crippen molar-refractivity contribution in [1.29, 1.82) is 0 Å². The predicted molar refractivity (Wildman–Crippen MR) is 136 cm³/mol. The van der Waals surface area contributed by atoms with Crippen molar-refractivity contribution in [1.82, 2.24) is 30.0 Å². The van der Waals surface area contributed by atoms with Gasteiger partial charge in [0.1, 0.15) is 16.8 Å². The van der Waals surface area contributed by atoms with Crippen molar-refractivity contribution < 1.29 is 5.11 Å². The zero-order valence-corrected chi connectivity index (χ0v) is 18.4. The molecule has 0 amide bonds. The molecule has 5 aromatic carbocycles. The predicted octanol–water partition coefficient (Wildman–Crippen LogP) is 5.68. The van der Waals surface area contributed by atoms with Gasteiger partial charge in [-0.25, -0.2) is 9.36 Å². The highest BCUT2D eigenvalue weighted by molar-refractivity contribution is 5.96. The maximum Gasteiger partial charge on any atom is 0.131 e. The van der Waals surface area contributed by atoms with Crippen LogP contribution < -0.4 is 0 Å². The Morgan fingerprint density at radius 1 is 0.571 bits per heavy atom. The van der Waals surface area contributed by atoms with Gasteiger partial charge in [-0.3, -0.25) is 0 Å². The Labute approximate surface area is 199 Å². The summed E-state index contributed by atoms with van der Waals surface area (Å²) in [6, 6.07) is 33.4. The molecule has 2 aromatic heterocycles. The molecule has 7 aromatic rings. The quantitative estimate of drug-likeness (QED) is 0.371. The molecule has 7 nitrogen and oxygen atoms in total. The van der Waals surface area contributed by atoms with Crippen LogP contribution in [0.25, 0.3) is 55.3 Å². The highest BCUT2D eigenvalue weighted by Crippen LogP contribution is 2.40. The van der Waals surface area contributed by atoms with E-state index in [0.29, 0.717) is 5.56 Å². The summed E-state index contributed by atoms with van der Waals surface area (Å²) in [7, 11) is 0.